The van der Waals surface area contributed by atoms with Gasteiger partial charge in [0.1, 0.15) is 11.6 Å². The Hall–Kier alpha value is -2.31. The molecule has 0 saturated heterocycles. The molecular weight excluding hydrogens is 318 g/mol. The van der Waals surface area contributed by atoms with Gasteiger partial charge in [0.2, 0.25) is 5.89 Å². The predicted octanol–water partition coefficient (Wildman–Crippen LogP) is 3.39. The van der Waals surface area contributed by atoms with E-state index < -0.39 is 11.6 Å². The van der Waals surface area contributed by atoms with Crippen LogP contribution in [-0.2, 0) is 16.0 Å². The van der Waals surface area contributed by atoms with Crippen LogP contribution in [0.4, 0.5) is 8.78 Å². The molecule has 3 rings (SSSR count). The van der Waals surface area contributed by atoms with Crippen molar-refractivity contribution in [2.24, 2.45) is 5.92 Å². The highest BCUT2D eigenvalue weighted by Crippen LogP contribution is 2.36. The van der Waals surface area contributed by atoms with Gasteiger partial charge in [0, 0.05) is 18.4 Å². The van der Waals surface area contributed by atoms with Crippen molar-refractivity contribution in [3.8, 4) is 0 Å². The Morgan fingerprint density at radius 3 is 2.75 bits per heavy atom. The molecule has 24 heavy (non-hydrogen) atoms. The van der Waals surface area contributed by atoms with Gasteiger partial charge in [0.15, 0.2) is 5.82 Å². The Balaban J connectivity index is 1.69. The maximum Gasteiger partial charge on any atom is 0.308 e. The number of esters is 1. The summed E-state index contributed by atoms with van der Waals surface area (Å²) in [5.74, 6) is -0.793. The van der Waals surface area contributed by atoms with Crippen LogP contribution in [0.1, 0.15) is 48.9 Å². The number of aromatic nitrogens is 2. The first kappa shape index (κ1) is 16.5. The largest absolute Gasteiger partial charge is 0.469 e. The zero-order valence-electron chi connectivity index (χ0n) is 13.3. The second kappa shape index (κ2) is 7.07. The molecule has 1 saturated carbocycles. The maximum atomic E-state index is 13.2. The Morgan fingerprint density at radius 1 is 1.29 bits per heavy atom. The Bertz CT molecular complexity index is 712. The van der Waals surface area contributed by atoms with E-state index >= 15 is 0 Å². The van der Waals surface area contributed by atoms with E-state index in [-0.39, 0.29) is 24.2 Å². The fourth-order valence-corrected chi connectivity index (χ4v) is 3.20. The van der Waals surface area contributed by atoms with Gasteiger partial charge < -0.3 is 9.26 Å². The molecular formula is C17H18F2N2O3. The van der Waals surface area contributed by atoms with Gasteiger partial charge in [-0.05, 0) is 37.0 Å². The standard InChI is InChI=1S/C17H18F2N2O3/c1-23-17(22)12-4-2-3-11(8-12)16-20-15(21-24-16)7-10-5-13(18)9-14(19)6-10/h5-6,9,11-12H,2-4,7-8H2,1H3/t11-,12+/m1/s1. The van der Waals surface area contributed by atoms with Crippen LogP contribution in [0.2, 0.25) is 0 Å². The highest BCUT2D eigenvalue weighted by Gasteiger charge is 2.31. The summed E-state index contributed by atoms with van der Waals surface area (Å²) < 4.78 is 36.6. The lowest BCUT2D eigenvalue weighted by Crippen LogP contribution is -2.23. The van der Waals surface area contributed by atoms with Gasteiger partial charge in [-0.3, -0.25) is 4.79 Å². The quantitative estimate of drug-likeness (QED) is 0.801. The van der Waals surface area contributed by atoms with Gasteiger partial charge >= 0.3 is 5.97 Å². The van der Waals surface area contributed by atoms with E-state index in [1.165, 1.54) is 19.2 Å². The first-order valence-corrected chi connectivity index (χ1v) is 7.90. The monoisotopic (exact) mass is 336 g/mol. The third-order valence-electron chi connectivity index (χ3n) is 4.33. The third kappa shape index (κ3) is 3.77. The summed E-state index contributed by atoms with van der Waals surface area (Å²) in [4.78, 5) is 16.0. The molecule has 7 heteroatoms. The van der Waals surface area contributed by atoms with Crippen LogP contribution in [0.5, 0.6) is 0 Å². The molecule has 0 bridgehead atoms. The summed E-state index contributed by atoms with van der Waals surface area (Å²) in [6.45, 7) is 0. The molecule has 1 heterocycles. The molecule has 0 unspecified atom stereocenters. The zero-order valence-corrected chi connectivity index (χ0v) is 13.3. The number of carbonyl (C=O) groups is 1. The smallest absolute Gasteiger partial charge is 0.308 e. The van der Waals surface area contributed by atoms with Crippen LogP contribution in [0.25, 0.3) is 0 Å². The SMILES string of the molecule is COC(=O)[C@H]1CCC[C@@H](c2nc(Cc3cc(F)cc(F)c3)no2)C1. The molecule has 1 aliphatic carbocycles. The van der Waals surface area contributed by atoms with Crippen LogP contribution in [0.3, 0.4) is 0 Å². The Labute approximate surface area is 138 Å². The normalized spacial score (nSPS) is 20.8. The first-order valence-electron chi connectivity index (χ1n) is 7.90. The zero-order chi connectivity index (χ0) is 17.1. The molecule has 1 fully saturated rings. The van der Waals surface area contributed by atoms with E-state index in [4.69, 9.17) is 9.26 Å². The number of halogens is 2. The van der Waals surface area contributed by atoms with Crippen LogP contribution < -0.4 is 0 Å². The van der Waals surface area contributed by atoms with Crippen molar-refractivity contribution in [3.05, 3.63) is 47.1 Å². The van der Waals surface area contributed by atoms with Crippen molar-refractivity contribution >= 4 is 5.97 Å². The summed E-state index contributed by atoms with van der Waals surface area (Å²) in [6, 6.07) is 3.31. The van der Waals surface area contributed by atoms with E-state index in [2.05, 4.69) is 10.1 Å². The van der Waals surface area contributed by atoms with Crippen LogP contribution in [0, 0.1) is 17.6 Å². The summed E-state index contributed by atoms with van der Waals surface area (Å²) in [5.41, 5.74) is 0.441. The average molecular weight is 336 g/mol. The molecule has 5 nitrogen and oxygen atoms in total. The molecule has 0 N–H and O–H groups in total. The summed E-state index contributed by atoms with van der Waals surface area (Å²) in [7, 11) is 1.38. The number of hydrogen-bond acceptors (Lipinski definition) is 5. The third-order valence-corrected chi connectivity index (χ3v) is 4.33. The first-order chi connectivity index (χ1) is 11.5. The molecule has 1 aromatic carbocycles. The molecule has 1 aliphatic rings. The van der Waals surface area contributed by atoms with Gasteiger partial charge in [0.05, 0.1) is 13.0 Å². The number of rotatable bonds is 4. The van der Waals surface area contributed by atoms with Gasteiger partial charge in [0.25, 0.3) is 0 Å². The highest BCUT2D eigenvalue weighted by molar-refractivity contribution is 5.72. The molecule has 0 amide bonds. The Morgan fingerprint density at radius 2 is 2.04 bits per heavy atom. The summed E-state index contributed by atoms with van der Waals surface area (Å²) in [6.07, 6.45) is 3.35. The van der Waals surface area contributed by atoms with E-state index in [9.17, 15) is 13.6 Å². The van der Waals surface area contributed by atoms with Gasteiger partial charge in [-0.15, -0.1) is 0 Å². The minimum Gasteiger partial charge on any atom is -0.469 e. The van der Waals surface area contributed by atoms with Gasteiger partial charge in [-0.1, -0.05) is 11.6 Å². The van der Waals surface area contributed by atoms with Crippen molar-refractivity contribution in [2.75, 3.05) is 7.11 Å². The molecule has 0 radical (unpaired) electrons. The van der Waals surface area contributed by atoms with E-state index in [1.807, 2.05) is 0 Å². The molecule has 2 aromatic rings. The van der Waals surface area contributed by atoms with Crippen molar-refractivity contribution in [1.82, 2.24) is 10.1 Å². The fraction of sp³-hybridized carbons (Fsp3) is 0.471. The highest BCUT2D eigenvalue weighted by atomic mass is 19.1. The summed E-state index contributed by atoms with van der Waals surface area (Å²) in [5, 5.41) is 3.89. The van der Waals surface area contributed by atoms with E-state index in [1.54, 1.807) is 0 Å². The molecule has 0 aliphatic heterocycles. The van der Waals surface area contributed by atoms with Crippen LogP contribution in [0.15, 0.2) is 22.7 Å². The predicted molar refractivity (Wildman–Crippen MR) is 80.2 cm³/mol. The number of benzene rings is 1. The van der Waals surface area contributed by atoms with Crippen molar-refractivity contribution in [2.45, 2.75) is 38.0 Å². The van der Waals surface area contributed by atoms with E-state index in [0.29, 0.717) is 23.7 Å². The molecule has 0 spiro atoms. The average Bonchev–Trinajstić information content (AvgIpc) is 3.01. The minimum absolute atomic E-state index is 0.00773. The molecule has 1 aromatic heterocycles. The second-order valence-electron chi connectivity index (χ2n) is 6.09. The van der Waals surface area contributed by atoms with Crippen molar-refractivity contribution in [3.63, 3.8) is 0 Å². The second-order valence-corrected chi connectivity index (χ2v) is 6.09. The lowest BCUT2D eigenvalue weighted by Gasteiger charge is -2.24. The lowest BCUT2D eigenvalue weighted by molar-refractivity contribution is -0.146. The minimum atomic E-state index is -0.637. The van der Waals surface area contributed by atoms with E-state index in [0.717, 1.165) is 25.3 Å². The number of hydrogen-bond donors (Lipinski definition) is 0. The lowest BCUT2D eigenvalue weighted by atomic mass is 9.81. The molecule has 2 atom stereocenters. The molecule has 128 valence electrons. The van der Waals surface area contributed by atoms with Gasteiger partial charge in [-0.2, -0.15) is 4.98 Å². The Kier molecular flexibility index (Phi) is 4.87. The summed E-state index contributed by atoms with van der Waals surface area (Å²) >= 11 is 0. The number of nitrogens with zero attached hydrogens (tertiary/aromatic N) is 2. The van der Waals surface area contributed by atoms with Crippen LogP contribution in [-0.4, -0.2) is 23.2 Å². The van der Waals surface area contributed by atoms with Gasteiger partial charge in [-0.25, -0.2) is 8.78 Å². The van der Waals surface area contributed by atoms with Crippen molar-refractivity contribution < 1.29 is 22.8 Å². The number of ether oxygens (including phenoxy) is 1. The van der Waals surface area contributed by atoms with Crippen LogP contribution >= 0.6 is 0 Å². The fourth-order valence-electron chi connectivity index (χ4n) is 3.20. The maximum absolute atomic E-state index is 13.2. The number of carbonyl (C=O) groups excluding carboxylic acids is 1. The topological polar surface area (TPSA) is 65.2 Å². The number of methoxy groups -OCH3 is 1. The van der Waals surface area contributed by atoms with Crippen molar-refractivity contribution in [1.29, 1.82) is 0 Å².